The summed E-state index contributed by atoms with van der Waals surface area (Å²) in [6.45, 7) is 0.0698. The van der Waals surface area contributed by atoms with Crippen LogP contribution in [0.1, 0.15) is 57.8 Å². The minimum atomic E-state index is -3.43. The van der Waals surface area contributed by atoms with Gasteiger partial charge in [-0.2, -0.15) is 17.4 Å². The maximum absolute atomic E-state index is 12.5. The van der Waals surface area contributed by atoms with Gasteiger partial charge in [-0.3, -0.25) is 0 Å². The van der Waals surface area contributed by atoms with Crippen LogP contribution in [-0.4, -0.2) is 43.6 Å². The molecule has 0 aliphatic heterocycles. The molecule has 2 N–H and O–H groups in total. The van der Waals surface area contributed by atoms with Crippen molar-refractivity contribution in [3.05, 3.63) is 0 Å². The first kappa shape index (κ1) is 16.2. The van der Waals surface area contributed by atoms with Gasteiger partial charge < -0.3 is 5.11 Å². The molecule has 0 amide bonds. The summed E-state index contributed by atoms with van der Waals surface area (Å²) in [5.41, 5.74) is 0. The summed E-state index contributed by atoms with van der Waals surface area (Å²) in [7, 11) is -1.74. The van der Waals surface area contributed by atoms with Crippen molar-refractivity contribution >= 4 is 10.2 Å². The largest absolute Gasteiger partial charge is 0.396 e. The SMILES string of the molecule is CN(C1CCCCC1)S(=O)(=O)NC1CCCCC1CO. The Morgan fingerprint density at radius 1 is 1.05 bits per heavy atom. The van der Waals surface area contributed by atoms with Gasteiger partial charge in [0, 0.05) is 25.7 Å². The van der Waals surface area contributed by atoms with Crippen LogP contribution < -0.4 is 4.72 Å². The Bertz CT molecular complexity index is 393. The number of aliphatic hydroxyl groups excluding tert-OH is 1. The van der Waals surface area contributed by atoms with Crippen LogP contribution in [0.3, 0.4) is 0 Å². The topological polar surface area (TPSA) is 69.6 Å². The van der Waals surface area contributed by atoms with Crippen molar-refractivity contribution in [3.8, 4) is 0 Å². The number of hydrogen-bond donors (Lipinski definition) is 2. The smallest absolute Gasteiger partial charge is 0.279 e. The summed E-state index contributed by atoms with van der Waals surface area (Å²) in [5, 5.41) is 9.40. The molecule has 20 heavy (non-hydrogen) atoms. The highest BCUT2D eigenvalue weighted by atomic mass is 32.2. The molecule has 2 atom stereocenters. The molecule has 0 bridgehead atoms. The van der Waals surface area contributed by atoms with E-state index in [0.717, 1.165) is 51.4 Å². The average molecular weight is 304 g/mol. The van der Waals surface area contributed by atoms with Gasteiger partial charge in [0.1, 0.15) is 0 Å². The first-order valence-electron chi connectivity index (χ1n) is 7.90. The predicted molar refractivity (Wildman–Crippen MR) is 79.5 cm³/mol. The Balaban J connectivity index is 1.98. The second-order valence-corrected chi connectivity index (χ2v) is 8.03. The van der Waals surface area contributed by atoms with Gasteiger partial charge in [-0.05, 0) is 31.6 Å². The number of aliphatic hydroxyl groups is 1. The van der Waals surface area contributed by atoms with Crippen LogP contribution in [0.4, 0.5) is 0 Å². The van der Waals surface area contributed by atoms with Crippen molar-refractivity contribution in [2.75, 3.05) is 13.7 Å². The van der Waals surface area contributed by atoms with Crippen LogP contribution >= 0.6 is 0 Å². The van der Waals surface area contributed by atoms with Crippen LogP contribution in [0.2, 0.25) is 0 Å². The fourth-order valence-corrected chi connectivity index (χ4v) is 4.96. The van der Waals surface area contributed by atoms with E-state index in [4.69, 9.17) is 0 Å². The highest BCUT2D eigenvalue weighted by Gasteiger charge is 2.33. The van der Waals surface area contributed by atoms with Gasteiger partial charge in [0.2, 0.25) is 0 Å². The molecule has 2 aliphatic rings. The van der Waals surface area contributed by atoms with Gasteiger partial charge in [0.15, 0.2) is 0 Å². The molecule has 0 aromatic carbocycles. The van der Waals surface area contributed by atoms with Crippen molar-refractivity contribution in [2.24, 2.45) is 5.92 Å². The zero-order valence-corrected chi connectivity index (χ0v) is 13.2. The first-order valence-corrected chi connectivity index (χ1v) is 9.34. The van der Waals surface area contributed by atoms with Gasteiger partial charge in [-0.1, -0.05) is 32.1 Å². The van der Waals surface area contributed by atoms with Crippen LogP contribution in [0.25, 0.3) is 0 Å². The molecule has 0 saturated heterocycles. The van der Waals surface area contributed by atoms with E-state index in [1.807, 2.05) is 0 Å². The maximum Gasteiger partial charge on any atom is 0.279 e. The highest BCUT2D eigenvalue weighted by Crippen LogP contribution is 2.27. The van der Waals surface area contributed by atoms with E-state index in [2.05, 4.69) is 4.72 Å². The molecule has 0 aromatic heterocycles. The highest BCUT2D eigenvalue weighted by molar-refractivity contribution is 7.87. The third-order valence-corrected chi connectivity index (χ3v) is 6.57. The molecule has 118 valence electrons. The molecule has 5 nitrogen and oxygen atoms in total. The fraction of sp³-hybridized carbons (Fsp3) is 1.00. The molecular weight excluding hydrogens is 276 g/mol. The Hall–Kier alpha value is -0.170. The van der Waals surface area contributed by atoms with E-state index >= 15 is 0 Å². The normalized spacial score (nSPS) is 29.8. The Labute approximate surface area is 122 Å². The van der Waals surface area contributed by atoms with E-state index in [1.54, 1.807) is 7.05 Å². The van der Waals surface area contributed by atoms with Crippen LogP contribution in [0.15, 0.2) is 0 Å². The van der Waals surface area contributed by atoms with E-state index in [1.165, 1.54) is 10.7 Å². The van der Waals surface area contributed by atoms with Crippen molar-refractivity contribution in [2.45, 2.75) is 69.9 Å². The lowest BCUT2D eigenvalue weighted by Gasteiger charge is -2.35. The van der Waals surface area contributed by atoms with E-state index < -0.39 is 10.2 Å². The molecule has 2 saturated carbocycles. The summed E-state index contributed by atoms with van der Waals surface area (Å²) in [5.74, 6) is 0.0679. The van der Waals surface area contributed by atoms with Crippen molar-refractivity contribution in [1.82, 2.24) is 9.03 Å². The van der Waals surface area contributed by atoms with Gasteiger partial charge in [0.25, 0.3) is 10.2 Å². The van der Waals surface area contributed by atoms with Gasteiger partial charge in [0.05, 0.1) is 0 Å². The molecule has 0 aromatic rings. The molecule has 2 rings (SSSR count). The molecule has 6 heteroatoms. The first-order chi connectivity index (χ1) is 9.54. The summed E-state index contributed by atoms with van der Waals surface area (Å²) in [6, 6.07) is 0.0298. The lowest BCUT2D eigenvalue weighted by atomic mass is 9.86. The summed E-state index contributed by atoms with van der Waals surface area (Å²) >= 11 is 0. The maximum atomic E-state index is 12.5. The minimum Gasteiger partial charge on any atom is -0.396 e. The Morgan fingerprint density at radius 2 is 1.65 bits per heavy atom. The second kappa shape index (κ2) is 7.20. The lowest BCUT2D eigenvalue weighted by molar-refractivity contribution is 0.162. The van der Waals surface area contributed by atoms with Gasteiger partial charge >= 0.3 is 0 Å². The summed E-state index contributed by atoms with van der Waals surface area (Å²) in [4.78, 5) is 0. The average Bonchev–Trinajstić information content (AvgIpc) is 2.47. The molecule has 2 fully saturated rings. The number of nitrogens with one attached hydrogen (secondary N) is 1. The van der Waals surface area contributed by atoms with E-state index in [-0.39, 0.29) is 24.6 Å². The fourth-order valence-electron chi connectivity index (χ4n) is 3.50. The van der Waals surface area contributed by atoms with Crippen LogP contribution in [0, 0.1) is 5.92 Å². The monoisotopic (exact) mass is 304 g/mol. The standard InChI is InChI=1S/C14H28N2O3S/c1-16(13-8-3-2-4-9-13)20(18,19)15-14-10-6-5-7-12(14)11-17/h12-15,17H,2-11H2,1H3. The molecule has 2 aliphatic carbocycles. The number of hydrogen-bond acceptors (Lipinski definition) is 3. The molecular formula is C14H28N2O3S. The molecule has 0 radical (unpaired) electrons. The quantitative estimate of drug-likeness (QED) is 0.811. The third kappa shape index (κ3) is 3.93. The zero-order valence-electron chi connectivity index (χ0n) is 12.4. The Morgan fingerprint density at radius 3 is 2.30 bits per heavy atom. The number of nitrogens with zero attached hydrogens (tertiary/aromatic N) is 1. The zero-order chi connectivity index (χ0) is 14.6. The van der Waals surface area contributed by atoms with Gasteiger partial charge in [-0.25, -0.2) is 0 Å². The van der Waals surface area contributed by atoms with Crippen molar-refractivity contribution in [1.29, 1.82) is 0 Å². The molecule has 2 unspecified atom stereocenters. The second-order valence-electron chi connectivity index (χ2n) is 6.26. The van der Waals surface area contributed by atoms with Crippen LogP contribution in [0.5, 0.6) is 0 Å². The third-order valence-electron chi connectivity index (χ3n) is 4.91. The summed E-state index contributed by atoms with van der Waals surface area (Å²) < 4.78 is 29.3. The molecule has 0 heterocycles. The van der Waals surface area contributed by atoms with Gasteiger partial charge in [-0.15, -0.1) is 0 Å². The van der Waals surface area contributed by atoms with Crippen LogP contribution in [-0.2, 0) is 10.2 Å². The predicted octanol–water partition coefficient (Wildman–Crippen LogP) is 1.64. The minimum absolute atomic E-state index is 0.0679. The van der Waals surface area contributed by atoms with E-state index in [9.17, 15) is 13.5 Å². The summed E-state index contributed by atoms with van der Waals surface area (Å²) in [6.07, 6.45) is 9.25. The lowest BCUT2D eigenvalue weighted by Crippen LogP contribution is -2.51. The van der Waals surface area contributed by atoms with E-state index in [0.29, 0.717) is 0 Å². The number of rotatable bonds is 5. The van der Waals surface area contributed by atoms with Crippen molar-refractivity contribution < 1.29 is 13.5 Å². The Kier molecular flexibility index (Phi) is 5.84. The van der Waals surface area contributed by atoms with Crippen molar-refractivity contribution in [3.63, 3.8) is 0 Å². The molecule has 0 spiro atoms.